The van der Waals surface area contributed by atoms with Crippen molar-refractivity contribution in [2.24, 2.45) is 0 Å². The lowest BCUT2D eigenvalue weighted by atomic mass is 10.0. The molecule has 2 aromatic rings. The monoisotopic (exact) mass is 281 g/mol. The minimum absolute atomic E-state index is 0.0125. The number of halogens is 3. The van der Waals surface area contributed by atoms with Gasteiger partial charge in [0, 0.05) is 12.0 Å². The Morgan fingerprint density at radius 3 is 2.63 bits per heavy atom. The van der Waals surface area contributed by atoms with Gasteiger partial charge in [0.25, 0.3) is 0 Å². The largest absolute Gasteiger partial charge is 0.398 e. The topological polar surface area (TPSA) is 43.1 Å². The number of hydrogen-bond donors (Lipinski definition) is 1. The highest BCUT2D eigenvalue weighted by Crippen LogP contribution is 2.21. The fraction of sp³-hybridized carbons (Fsp3) is 0.0714. The van der Waals surface area contributed by atoms with E-state index in [9.17, 15) is 13.6 Å². The smallest absolute Gasteiger partial charge is 0.167 e. The number of nitrogen functional groups attached to an aromatic ring is 1. The Morgan fingerprint density at radius 1 is 1.21 bits per heavy atom. The van der Waals surface area contributed by atoms with Gasteiger partial charge < -0.3 is 5.73 Å². The van der Waals surface area contributed by atoms with Gasteiger partial charge in [0.1, 0.15) is 0 Å². The molecule has 0 atom stereocenters. The van der Waals surface area contributed by atoms with Gasteiger partial charge in [-0.1, -0.05) is 23.7 Å². The van der Waals surface area contributed by atoms with Crippen LogP contribution in [-0.2, 0) is 6.42 Å². The molecule has 5 heteroatoms. The fourth-order valence-electron chi connectivity index (χ4n) is 1.68. The molecular formula is C14H10ClF2NO. The highest BCUT2D eigenvalue weighted by atomic mass is 35.5. The minimum atomic E-state index is -1.00. The van der Waals surface area contributed by atoms with Crippen LogP contribution >= 0.6 is 11.6 Å². The molecule has 0 heterocycles. The molecule has 0 unspecified atom stereocenters. The first kappa shape index (κ1) is 13.5. The molecule has 0 aromatic heterocycles. The van der Waals surface area contributed by atoms with Gasteiger partial charge in [-0.05, 0) is 29.8 Å². The third kappa shape index (κ3) is 2.90. The first-order valence-electron chi connectivity index (χ1n) is 5.50. The Balaban J connectivity index is 2.26. The SMILES string of the molecule is Nc1cc(C(=O)Cc2cccc(F)c2F)ccc1Cl. The lowest BCUT2D eigenvalue weighted by Crippen LogP contribution is -2.06. The van der Waals surface area contributed by atoms with Crippen molar-refractivity contribution < 1.29 is 13.6 Å². The summed E-state index contributed by atoms with van der Waals surface area (Å²) in [5.41, 5.74) is 6.18. The zero-order chi connectivity index (χ0) is 14.0. The van der Waals surface area contributed by atoms with E-state index in [-0.39, 0.29) is 23.5 Å². The zero-order valence-electron chi connectivity index (χ0n) is 9.79. The van der Waals surface area contributed by atoms with Crippen LogP contribution < -0.4 is 5.73 Å². The summed E-state index contributed by atoms with van der Waals surface area (Å²) in [4.78, 5) is 12.0. The first-order valence-corrected chi connectivity index (χ1v) is 5.88. The summed E-state index contributed by atoms with van der Waals surface area (Å²) in [7, 11) is 0. The van der Waals surface area contributed by atoms with E-state index in [1.807, 2.05) is 0 Å². The molecule has 0 fully saturated rings. The van der Waals surface area contributed by atoms with Crippen LogP contribution in [-0.4, -0.2) is 5.78 Å². The summed E-state index contributed by atoms with van der Waals surface area (Å²) in [5.74, 6) is -2.33. The molecule has 2 N–H and O–H groups in total. The van der Waals surface area contributed by atoms with E-state index in [4.69, 9.17) is 17.3 Å². The highest BCUT2D eigenvalue weighted by molar-refractivity contribution is 6.33. The van der Waals surface area contributed by atoms with Crippen LogP contribution in [0.25, 0.3) is 0 Å². The maximum absolute atomic E-state index is 13.4. The Kier molecular flexibility index (Phi) is 3.81. The molecule has 0 aliphatic rings. The number of carbonyl (C=O) groups is 1. The lowest BCUT2D eigenvalue weighted by molar-refractivity contribution is 0.0991. The molecule has 2 rings (SSSR count). The van der Waals surface area contributed by atoms with Gasteiger partial charge >= 0.3 is 0 Å². The van der Waals surface area contributed by atoms with Crippen LogP contribution in [0.15, 0.2) is 36.4 Å². The van der Waals surface area contributed by atoms with Gasteiger partial charge in [0.2, 0.25) is 0 Å². The van der Waals surface area contributed by atoms with Crippen molar-refractivity contribution in [1.82, 2.24) is 0 Å². The average Bonchev–Trinajstić information content (AvgIpc) is 2.38. The van der Waals surface area contributed by atoms with Gasteiger partial charge in [0.05, 0.1) is 10.7 Å². The second-order valence-corrected chi connectivity index (χ2v) is 4.46. The summed E-state index contributed by atoms with van der Waals surface area (Å²) < 4.78 is 26.5. The van der Waals surface area contributed by atoms with Gasteiger partial charge in [-0.15, -0.1) is 0 Å². The summed E-state index contributed by atoms with van der Waals surface area (Å²) in [6.07, 6.45) is -0.231. The zero-order valence-corrected chi connectivity index (χ0v) is 10.5. The van der Waals surface area contributed by atoms with E-state index in [1.165, 1.54) is 30.3 Å². The van der Waals surface area contributed by atoms with Crippen LogP contribution in [0, 0.1) is 11.6 Å². The molecule has 98 valence electrons. The highest BCUT2D eigenvalue weighted by Gasteiger charge is 2.13. The first-order chi connectivity index (χ1) is 8.99. The van der Waals surface area contributed by atoms with Crippen molar-refractivity contribution >= 4 is 23.1 Å². The molecule has 19 heavy (non-hydrogen) atoms. The number of nitrogens with two attached hydrogens (primary N) is 1. The van der Waals surface area contributed by atoms with Crippen molar-refractivity contribution in [3.63, 3.8) is 0 Å². The van der Waals surface area contributed by atoms with Gasteiger partial charge in [0.15, 0.2) is 17.4 Å². The molecule has 0 aliphatic carbocycles. The van der Waals surface area contributed by atoms with Crippen molar-refractivity contribution in [3.05, 3.63) is 64.2 Å². The predicted molar refractivity (Wildman–Crippen MR) is 70.3 cm³/mol. The van der Waals surface area contributed by atoms with Gasteiger partial charge in [-0.3, -0.25) is 4.79 Å². The summed E-state index contributed by atoms with van der Waals surface area (Å²) >= 11 is 5.75. The molecule has 2 aromatic carbocycles. The molecule has 0 spiro atoms. The predicted octanol–water partition coefficient (Wildman–Crippen LogP) is 3.63. The molecular weight excluding hydrogens is 272 g/mol. The molecule has 0 bridgehead atoms. The second kappa shape index (κ2) is 5.36. The molecule has 0 saturated carbocycles. The number of ketones is 1. The van der Waals surface area contributed by atoms with Gasteiger partial charge in [-0.2, -0.15) is 0 Å². The summed E-state index contributed by atoms with van der Waals surface area (Å²) in [5, 5.41) is 0.341. The van der Waals surface area contributed by atoms with E-state index < -0.39 is 11.6 Å². The molecule has 0 amide bonds. The average molecular weight is 282 g/mol. The molecule has 0 aliphatic heterocycles. The van der Waals surface area contributed by atoms with Crippen molar-refractivity contribution in [2.75, 3.05) is 5.73 Å². The molecule has 0 radical (unpaired) electrons. The standard InChI is InChI=1S/C14H10ClF2NO/c15-10-5-4-8(6-12(10)18)13(19)7-9-2-1-3-11(16)14(9)17/h1-6H,7,18H2. The van der Waals surface area contributed by atoms with E-state index in [0.29, 0.717) is 10.6 Å². The van der Waals surface area contributed by atoms with E-state index in [2.05, 4.69) is 0 Å². The fourth-order valence-corrected chi connectivity index (χ4v) is 1.79. The van der Waals surface area contributed by atoms with E-state index in [1.54, 1.807) is 0 Å². The third-order valence-electron chi connectivity index (χ3n) is 2.70. The number of carbonyl (C=O) groups excluding carboxylic acids is 1. The normalized spacial score (nSPS) is 10.5. The Hall–Kier alpha value is -1.94. The lowest BCUT2D eigenvalue weighted by Gasteiger charge is -2.05. The number of rotatable bonds is 3. The van der Waals surface area contributed by atoms with Crippen molar-refractivity contribution in [3.8, 4) is 0 Å². The Bertz CT molecular complexity index is 643. The van der Waals surface area contributed by atoms with Crippen molar-refractivity contribution in [1.29, 1.82) is 0 Å². The number of hydrogen-bond acceptors (Lipinski definition) is 2. The minimum Gasteiger partial charge on any atom is -0.398 e. The van der Waals surface area contributed by atoms with Crippen LogP contribution in [0.2, 0.25) is 5.02 Å². The Morgan fingerprint density at radius 2 is 1.95 bits per heavy atom. The summed E-state index contributed by atoms with van der Waals surface area (Å²) in [6, 6.07) is 8.14. The molecule has 2 nitrogen and oxygen atoms in total. The van der Waals surface area contributed by atoms with Crippen LogP contribution in [0.1, 0.15) is 15.9 Å². The number of benzene rings is 2. The van der Waals surface area contributed by atoms with Crippen LogP contribution in [0.4, 0.5) is 14.5 Å². The third-order valence-corrected chi connectivity index (χ3v) is 3.04. The van der Waals surface area contributed by atoms with E-state index in [0.717, 1.165) is 6.07 Å². The van der Waals surface area contributed by atoms with Gasteiger partial charge in [-0.25, -0.2) is 8.78 Å². The second-order valence-electron chi connectivity index (χ2n) is 4.05. The molecule has 0 saturated heterocycles. The van der Waals surface area contributed by atoms with Crippen LogP contribution in [0.3, 0.4) is 0 Å². The summed E-state index contributed by atoms with van der Waals surface area (Å²) in [6.45, 7) is 0. The quantitative estimate of drug-likeness (QED) is 0.690. The maximum Gasteiger partial charge on any atom is 0.167 e. The number of Topliss-reactive ketones (excluding diaryl/α,β-unsaturated/α-hetero) is 1. The number of anilines is 1. The van der Waals surface area contributed by atoms with Crippen molar-refractivity contribution in [2.45, 2.75) is 6.42 Å². The maximum atomic E-state index is 13.4. The van der Waals surface area contributed by atoms with Crippen LogP contribution in [0.5, 0.6) is 0 Å². The Labute approximate surface area is 113 Å². The van der Waals surface area contributed by atoms with E-state index >= 15 is 0 Å².